The molecule has 0 rings (SSSR count). The van der Waals surface area contributed by atoms with Gasteiger partial charge >= 0.3 is 0 Å². The van der Waals surface area contributed by atoms with Crippen LogP contribution in [0.1, 0.15) is 77.6 Å². The lowest BCUT2D eigenvalue weighted by Crippen LogP contribution is -1.81. The first-order valence-corrected chi connectivity index (χ1v) is 6.98. The zero-order valence-corrected chi connectivity index (χ0v) is 10.9. The summed E-state index contributed by atoms with van der Waals surface area (Å²) in [6, 6.07) is 0. The van der Waals surface area contributed by atoms with Gasteiger partial charge < -0.3 is 5.11 Å². The smallest absolute Gasteiger partial charge is 0.0431 e. The molecule has 0 fully saturated rings. The number of hydrogen-bond donors (Lipinski definition) is 1. The minimum Gasteiger partial charge on any atom is -0.396 e. The van der Waals surface area contributed by atoms with Gasteiger partial charge in [-0.2, -0.15) is 0 Å². The third-order valence-electron chi connectivity index (χ3n) is 2.74. The van der Waals surface area contributed by atoms with Crippen molar-refractivity contribution in [1.29, 1.82) is 0 Å². The summed E-state index contributed by atoms with van der Waals surface area (Å²) in [5, 5.41) is 8.59. The lowest BCUT2D eigenvalue weighted by molar-refractivity contribution is 0.283. The molecule has 0 aliphatic rings. The van der Waals surface area contributed by atoms with Crippen LogP contribution in [0.5, 0.6) is 0 Å². The first-order valence-electron chi connectivity index (χ1n) is 6.98. The van der Waals surface area contributed by atoms with Gasteiger partial charge in [0.2, 0.25) is 0 Å². The SMILES string of the molecule is CCCCCCCCC#CCCCCCO. The molecular formula is C15H28O. The van der Waals surface area contributed by atoms with E-state index in [0.29, 0.717) is 6.61 Å². The molecule has 94 valence electrons. The molecule has 1 N–H and O–H groups in total. The van der Waals surface area contributed by atoms with Crippen LogP contribution < -0.4 is 0 Å². The van der Waals surface area contributed by atoms with Gasteiger partial charge in [0.1, 0.15) is 0 Å². The molecule has 0 aliphatic carbocycles. The topological polar surface area (TPSA) is 20.2 Å². The molecule has 0 saturated carbocycles. The molecule has 1 nitrogen and oxygen atoms in total. The fourth-order valence-corrected chi connectivity index (χ4v) is 1.67. The molecule has 1 heteroatoms. The van der Waals surface area contributed by atoms with E-state index in [9.17, 15) is 0 Å². The summed E-state index contributed by atoms with van der Waals surface area (Å²) in [4.78, 5) is 0. The Morgan fingerprint density at radius 2 is 1.19 bits per heavy atom. The van der Waals surface area contributed by atoms with Crippen molar-refractivity contribution in [2.45, 2.75) is 77.6 Å². The summed E-state index contributed by atoms with van der Waals surface area (Å²) < 4.78 is 0. The van der Waals surface area contributed by atoms with Crippen LogP contribution in [0.25, 0.3) is 0 Å². The number of unbranched alkanes of at least 4 members (excludes halogenated alkanes) is 9. The van der Waals surface area contributed by atoms with Crippen LogP contribution in [0, 0.1) is 11.8 Å². The second-order valence-corrected chi connectivity index (χ2v) is 4.41. The Morgan fingerprint density at radius 3 is 1.75 bits per heavy atom. The second-order valence-electron chi connectivity index (χ2n) is 4.41. The minimum absolute atomic E-state index is 0.325. The molecule has 0 unspecified atom stereocenters. The molecule has 0 aromatic rings. The Bertz CT molecular complexity index is 176. The first-order chi connectivity index (χ1) is 7.91. The van der Waals surface area contributed by atoms with Crippen molar-refractivity contribution in [2.75, 3.05) is 6.61 Å². The molecule has 0 heterocycles. The molecule has 0 saturated heterocycles. The monoisotopic (exact) mass is 224 g/mol. The molecular weight excluding hydrogens is 196 g/mol. The molecule has 16 heavy (non-hydrogen) atoms. The zero-order valence-electron chi connectivity index (χ0n) is 10.9. The Labute approximate surface area is 102 Å². The van der Waals surface area contributed by atoms with Gasteiger partial charge in [0.25, 0.3) is 0 Å². The highest BCUT2D eigenvalue weighted by Gasteiger charge is 1.88. The van der Waals surface area contributed by atoms with E-state index in [-0.39, 0.29) is 0 Å². The fraction of sp³-hybridized carbons (Fsp3) is 0.867. The van der Waals surface area contributed by atoms with Gasteiger partial charge in [0.05, 0.1) is 0 Å². The summed E-state index contributed by atoms with van der Waals surface area (Å²) in [5.41, 5.74) is 0. The maximum Gasteiger partial charge on any atom is 0.0431 e. The molecule has 0 aliphatic heterocycles. The van der Waals surface area contributed by atoms with Gasteiger partial charge in [-0.3, -0.25) is 0 Å². The normalized spacial score (nSPS) is 9.88. The summed E-state index contributed by atoms with van der Waals surface area (Å²) >= 11 is 0. The molecule has 0 radical (unpaired) electrons. The van der Waals surface area contributed by atoms with Gasteiger partial charge in [0, 0.05) is 19.4 Å². The Morgan fingerprint density at radius 1 is 0.688 bits per heavy atom. The van der Waals surface area contributed by atoms with E-state index in [2.05, 4.69) is 18.8 Å². The van der Waals surface area contributed by atoms with Crippen LogP contribution >= 0.6 is 0 Å². The molecule has 0 amide bonds. The molecule has 0 aromatic carbocycles. The largest absolute Gasteiger partial charge is 0.396 e. The molecule has 0 spiro atoms. The predicted octanol–water partition coefficient (Wildman–Crippen LogP) is 4.29. The van der Waals surface area contributed by atoms with Crippen LogP contribution in [-0.2, 0) is 0 Å². The summed E-state index contributed by atoms with van der Waals surface area (Å²) in [5.74, 6) is 6.46. The van der Waals surface area contributed by atoms with Crippen molar-refractivity contribution >= 4 is 0 Å². The predicted molar refractivity (Wildman–Crippen MR) is 71.3 cm³/mol. The van der Waals surface area contributed by atoms with Crippen LogP contribution in [-0.4, -0.2) is 11.7 Å². The van der Waals surface area contributed by atoms with E-state index in [0.717, 1.165) is 32.1 Å². The fourth-order valence-electron chi connectivity index (χ4n) is 1.67. The lowest BCUT2D eigenvalue weighted by Gasteiger charge is -1.96. The number of hydrogen-bond acceptors (Lipinski definition) is 1. The molecule has 0 bridgehead atoms. The maximum absolute atomic E-state index is 8.59. The van der Waals surface area contributed by atoms with Gasteiger partial charge in [0.15, 0.2) is 0 Å². The molecule has 0 aromatic heterocycles. The summed E-state index contributed by atoms with van der Waals surface area (Å²) in [6.45, 7) is 2.58. The Kier molecular flexibility index (Phi) is 14.1. The van der Waals surface area contributed by atoms with E-state index in [4.69, 9.17) is 5.11 Å². The highest BCUT2D eigenvalue weighted by atomic mass is 16.2. The van der Waals surface area contributed by atoms with Gasteiger partial charge in [-0.15, -0.1) is 11.8 Å². The number of aliphatic hydroxyl groups excluding tert-OH is 1. The van der Waals surface area contributed by atoms with E-state index < -0.39 is 0 Å². The molecule has 0 atom stereocenters. The average Bonchev–Trinajstić information content (AvgIpc) is 2.31. The van der Waals surface area contributed by atoms with E-state index >= 15 is 0 Å². The Hall–Kier alpha value is -0.480. The maximum atomic E-state index is 8.59. The second kappa shape index (κ2) is 14.5. The van der Waals surface area contributed by atoms with E-state index in [1.165, 1.54) is 38.5 Å². The van der Waals surface area contributed by atoms with Crippen molar-refractivity contribution in [3.63, 3.8) is 0 Å². The summed E-state index contributed by atoms with van der Waals surface area (Å²) in [7, 11) is 0. The standard InChI is InChI=1S/C15H28O/c1-2-3-4-5-6-7-8-9-10-11-12-13-14-15-16/h16H,2-8,11-15H2,1H3. The number of aliphatic hydroxyl groups is 1. The van der Waals surface area contributed by atoms with Crippen molar-refractivity contribution in [1.82, 2.24) is 0 Å². The van der Waals surface area contributed by atoms with Crippen molar-refractivity contribution < 1.29 is 5.11 Å². The number of rotatable bonds is 10. The van der Waals surface area contributed by atoms with Gasteiger partial charge in [-0.1, -0.05) is 45.4 Å². The van der Waals surface area contributed by atoms with E-state index in [1.54, 1.807) is 0 Å². The summed E-state index contributed by atoms with van der Waals surface area (Å²) in [6.07, 6.45) is 13.4. The van der Waals surface area contributed by atoms with Crippen LogP contribution in [0.2, 0.25) is 0 Å². The lowest BCUT2D eigenvalue weighted by atomic mass is 10.1. The average molecular weight is 224 g/mol. The van der Waals surface area contributed by atoms with Crippen molar-refractivity contribution in [3.8, 4) is 11.8 Å². The highest BCUT2D eigenvalue weighted by molar-refractivity contribution is 4.98. The first kappa shape index (κ1) is 15.5. The third-order valence-corrected chi connectivity index (χ3v) is 2.74. The van der Waals surface area contributed by atoms with Gasteiger partial charge in [-0.25, -0.2) is 0 Å². The zero-order chi connectivity index (χ0) is 11.9. The van der Waals surface area contributed by atoms with Crippen LogP contribution in [0.15, 0.2) is 0 Å². The van der Waals surface area contributed by atoms with E-state index in [1.807, 2.05) is 0 Å². The minimum atomic E-state index is 0.325. The third kappa shape index (κ3) is 13.5. The van der Waals surface area contributed by atoms with Crippen molar-refractivity contribution in [2.24, 2.45) is 0 Å². The van der Waals surface area contributed by atoms with Crippen LogP contribution in [0.3, 0.4) is 0 Å². The quantitative estimate of drug-likeness (QED) is 0.433. The van der Waals surface area contributed by atoms with Crippen molar-refractivity contribution in [3.05, 3.63) is 0 Å². The Balaban J connectivity index is 3.03. The van der Waals surface area contributed by atoms with Gasteiger partial charge in [-0.05, 0) is 19.3 Å². The highest BCUT2D eigenvalue weighted by Crippen LogP contribution is 2.06. The van der Waals surface area contributed by atoms with Crippen LogP contribution in [0.4, 0.5) is 0 Å².